The molecule has 0 aromatic rings. The van der Waals surface area contributed by atoms with E-state index in [-0.39, 0.29) is 0 Å². The number of rotatable bonds is 3. The van der Waals surface area contributed by atoms with E-state index in [0.717, 1.165) is 0 Å². The third-order valence-corrected chi connectivity index (χ3v) is 1.67. The predicted octanol–water partition coefficient (Wildman–Crippen LogP) is 1.45. The van der Waals surface area contributed by atoms with Crippen LogP contribution in [0.25, 0.3) is 0 Å². The summed E-state index contributed by atoms with van der Waals surface area (Å²) in [6, 6.07) is 0. The maximum atomic E-state index is 12.5. The molecule has 0 radical (unpaired) electrons. The van der Waals surface area contributed by atoms with E-state index in [1.54, 1.807) is 0 Å². The van der Waals surface area contributed by atoms with Gasteiger partial charge in [0.15, 0.2) is 6.17 Å². The molecular weight excluding hydrogens is 161 g/mol. The van der Waals surface area contributed by atoms with E-state index in [1.807, 2.05) is 0 Å². The van der Waals surface area contributed by atoms with Crippen LogP contribution in [0, 0.1) is 5.92 Å². The van der Waals surface area contributed by atoms with E-state index in [4.69, 9.17) is 5.11 Å². The number of hydrogen-bond acceptors (Lipinski definition) is 1. The maximum Gasteiger partial charge on any atom is 0.377 e. The highest BCUT2D eigenvalue weighted by Gasteiger charge is 2.54. The average molecular weight is 168 g/mol. The smallest absolute Gasteiger partial charge is 0.377 e. The van der Waals surface area contributed by atoms with Crippen molar-refractivity contribution in [3.05, 3.63) is 0 Å². The zero-order valence-electron chi connectivity index (χ0n) is 5.56. The minimum absolute atomic E-state index is 0.365. The molecule has 0 spiro atoms. The molecule has 0 aromatic heterocycles. The molecule has 0 bridgehead atoms. The van der Waals surface area contributed by atoms with Gasteiger partial charge < -0.3 is 5.11 Å². The Bertz CT molecular complexity index is 177. The molecule has 0 aliphatic heterocycles. The van der Waals surface area contributed by atoms with E-state index in [0.29, 0.717) is 12.8 Å². The Kier molecular flexibility index (Phi) is 1.82. The fourth-order valence-corrected chi connectivity index (χ4v) is 0.803. The van der Waals surface area contributed by atoms with E-state index in [9.17, 15) is 18.0 Å². The van der Waals surface area contributed by atoms with Crippen molar-refractivity contribution in [1.82, 2.24) is 0 Å². The van der Waals surface area contributed by atoms with Crippen LogP contribution in [0.4, 0.5) is 13.2 Å². The lowest BCUT2D eigenvalue weighted by atomic mass is 10.1. The molecule has 5 heteroatoms. The normalized spacial score (nSPS) is 21.4. The third kappa shape index (κ3) is 1.46. The zero-order chi connectivity index (χ0) is 8.65. The fourth-order valence-electron chi connectivity index (χ4n) is 0.803. The summed E-state index contributed by atoms with van der Waals surface area (Å²) in [7, 11) is 0. The van der Waals surface area contributed by atoms with Crippen LogP contribution < -0.4 is 0 Å². The number of hydrogen-bond donors (Lipinski definition) is 1. The van der Waals surface area contributed by atoms with Gasteiger partial charge in [0.2, 0.25) is 0 Å². The average Bonchev–Trinajstić information content (AvgIpc) is 2.66. The van der Waals surface area contributed by atoms with Crippen LogP contribution in [0.5, 0.6) is 0 Å². The molecular formula is C6H7F3O2. The van der Waals surface area contributed by atoms with Gasteiger partial charge in [-0.25, -0.2) is 9.18 Å². The van der Waals surface area contributed by atoms with Gasteiger partial charge in [-0.15, -0.1) is 0 Å². The van der Waals surface area contributed by atoms with Crippen molar-refractivity contribution in [2.75, 3.05) is 0 Å². The van der Waals surface area contributed by atoms with Crippen molar-refractivity contribution >= 4 is 5.97 Å². The Hall–Kier alpha value is -0.740. The van der Waals surface area contributed by atoms with Crippen LogP contribution >= 0.6 is 0 Å². The van der Waals surface area contributed by atoms with Gasteiger partial charge in [-0.05, 0) is 18.8 Å². The molecule has 1 atom stereocenters. The van der Waals surface area contributed by atoms with Gasteiger partial charge in [0.25, 0.3) is 0 Å². The topological polar surface area (TPSA) is 37.3 Å². The van der Waals surface area contributed by atoms with Gasteiger partial charge in [-0.2, -0.15) is 8.78 Å². The first-order valence-electron chi connectivity index (χ1n) is 3.21. The number of alkyl halides is 3. The van der Waals surface area contributed by atoms with Crippen molar-refractivity contribution in [1.29, 1.82) is 0 Å². The highest BCUT2D eigenvalue weighted by Crippen LogP contribution is 2.41. The van der Waals surface area contributed by atoms with Crippen LogP contribution in [0.2, 0.25) is 0 Å². The van der Waals surface area contributed by atoms with Crippen molar-refractivity contribution in [2.24, 2.45) is 5.92 Å². The second-order valence-electron chi connectivity index (χ2n) is 2.67. The summed E-state index contributed by atoms with van der Waals surface area (Å²) < 4.78 is 37.0. The quantitative estimate of drug-likeness (QED) is 0.692. The second kappa shape index (κ2) is 2.39. The largest absolute Gasteiger partial charge is 0.477 e. The van der Waals surface area contributed by atoms with Crippen LogP contribution in [-0.2, 0) is 4.79 Å². The number of carbonyl (C=O) groups is 1. The summed E-state index contributed by atoms with van der Waals surface area (Å²) in [5, 5.41) is 7.90. The zero-order valence-corrected chi connectivity index (χ0v) is 5.56. The van der Waals surface area contributed by atoms with Gasteiger partial charge in [-0.1, -0.05) is 0 Å². The summed E-state index contributed by atoms with van der Waals surface area (Å²) in [5.74, 6) is -7.33. The summed E-state index contributed by atoms with van der Waals surface area (Å²) >= 11 is 0. The van der Waals surface area contributed by atoms with Crippen LogP contribution in [-0.4, -0.2) is 23.2 Å². The molecule has 11 heavy (non-hydrogen) atoms. The lowest BCUT2D eigenvalue weighted by Gasteiger charge is -2.14. The standard InChI is InChI=1S/C6H7F3O2/c7-4(3-1-2-3)6(8,9)5(10)11/h3-4H,1-2H2,(H,10,11). The van der Waals surface area contributed by atoms with Crippen molar-refractivity contribution in [2.45, 2.75) is 24.9 Å². The fraction of sp³-hybridized carbons (Fsp3) is 0.833. The monoisotopic (exact) mass is 168 g/mol. The first-order valence-corrected chi connectivity index (χ1v) is 3.21. The molecule has 1 rings (SSSR count). The van der Waals surface area contributed by atoms with E-state index in [1.165, 1.54) is 0 Å². The Balaban J connectivity index is 2.61. The van der Waals surface area contributed by atoms with Crippen molar-refractivity contribution in [3.63, 3.8) is 0 Å². The second-order valence-corrected chi connectivity index (χ2v) is 2.67. The molecule has 1 aliphatic rings. The number of carboxylic acids is 1. The molecule has 1 aliphatic carbocycles. The molecule has 1 fully saturated rings. The Labute approximate surface area is 61.0 Å². The highest BCUT2D eigenvalue weighted by molar-refractivity contribution is 5.76. The van der Waals surface area contributed by atoms with Gasteiger partial charge in [-0.3, -0.25) is 0 Å². The summed E-state index contributed by atoms with van der Waals surface area (Å²) in [6.45, 7) is 0. The summed E-state index contributed by atoms with van der Waals surface area (Å²) in [5.41, 5.74) is 0. The van der Waals surface area contributed by atoms with Gasteiger partial charge in [0.1, 0.15) is 0 Å². The maximum absolute atomic E-state index is 12.5. The third-order valence-electron chi connectivity index (χ3n) is 1.67. The van der Waals surface area contributed by atoms with Crippen LogP contribution in [0.1, 0.15) is 12.8 Å². The Morgan fingerprint density at radius 1 is 1.55 bits per heavy atom. The number of carboxylic acid groups (broad SMARTS) is 1. The lowest BCUT2D eigenvalue weighted by molar-refractivity contribution is -0.176. The van der Waals surface area contributed by atoms with E-state index in [2.05, 4.69) is 0 Å². The molecule has 0 aromatic carbocycles. The molecule has 1 saturated carbocycles. The lowest BCUT2D eigenvalue weighted by Crippen LogP contribution is -2.39. The molecule has 64 valence electrons. The van der Waals surface area contributed by atoms with Gasteiger partial charge in [0.05, 0.1) is 0 Å². The number of aliphatic carboxylic acids is 1. The molecule has 2 nitrogen and oxygen atoms in total. The minimum atomic E-state index is -4.21. The molecule has 1 unspecified atom stereocenters. The van der Waals surface area contributed by atoms with Crippen molar-refractivity contribution < 1.29 is 23.1 Å². The van der Waals surface area contributed by atoms with Crippen LogP contribution in [0.15, 0.2) is 0 Å². The van der Waals surface area contributed by atoms with E-state index < -0.39 is 24.0 Å². The SMILES string of the molecule is O=C(O)C(F)(F)C(F)C1CC1. The molecule has 0 saturated heterocycles. The van der Waals surface area contributed by atoms with Gasteiger partial charge in [0, 0.05) is 0 Å². The van der Waals surface area contributed by atoms with Gasteiger partial charge >= 0.3 is 11.9 Å². The number of halogens is 3. The highest BCUT2D eigenvalue weighted by atomic mass is 19.3. The molecule has 0 heterocycles. The summed E-state index contributed by atoms with van der Waals surface area (Å²) in [6.07, 6.45) is -1.78. The summed E-state index contributed by atoms with van der Waals surface area (Å²) in [4.78, 5) is 9.80. The Morgan fingerprint density at radius 3 is 2.27 bits per heavy atom. The predicted molar refractivity (Wildman–Crippen MR) is 30.2 cm³/mol. The molecule has 0 amide bonds. The minimum Gasteiger partial charge on any atom is -0.477 e. The molecule has 1 N–H and O–H groups in total. The first kappa shape index (κ1) is 8.36. The first-order chi connectivity index (χ1) is 4.96. The van der Waals surface area contributed by atoms with Crippen molar-refractivity contribution in [3.8, 4) is 0 Å². The Morgan fingerprint density at radius 2 is 2.00 bits per heavy atom. The van der Waals surface area contributed by atoms with Crippen LogP contribution in [0.3, 0.4) is 0 Å². The van der Waals surface area contributed by atoms with E-state index >= 15 is 0 Å².